The molecule has 0 aliphatic heterocycles. The number of hydrogen-bond donors (Lipinski definition) is 1. The number of methoxy groups -OCH3 is 2. The minimum absolute atomic E-state index is 0.571. The maximum Gasteiger partial charge on any atom is 0.131 e. The van der Waals surface area contributed by atoms with Crippen LogP contribution in [0.3, 0.4) is 0 Å². The van der Waals surface area contributed by atoms with Gasteiger partial charge in [-0.15, -0.1) is 0 Å². The Balaban J connectivity index is 2.46. The number of hydrogen-bond acceptors (Lipinski definition) is 4. The molecule has 0 amide bonds. The Kier molecular flexibility index (Phi) is 3.84. The molecule has 0 saturated heterocycles. The summed E-state index contributed by atoms with van der Waals surface area (Å²) in [6, 6.07) is 5.72. The topological polar surface area (TPSA) is 62.3 Å². The quantitative estimate of drug-likeness (QED) is 0.870. The van der Waals surface area contributed by atoms with Gasteiger partial charge in [0.15, 0.2) is 0 Å². The molecule has 0 unspecified atom stereocenters. The molecular weight excluding hydrogens is 230 g/mol. The lowest BCUT2D eigenvalue weighted by Crippen LogP contribution is -2.10. The molecule has 96 valence electrons. The highest BCUT2D eigenvalue weighted by atomic mass is 16.5. The van der Waals surface area contributed by atoms with Gasteiger partial charge in [-0.2, -0.15) is 0 Å². The van der Waals surface area contributed by atoms with Crippen LogP contribution in [0, 0.1) is 0 Å². The average Bonchev–Trinajstić information content (AvgIpc) is 2.86. The highest BCUT2D eigenvalue weighted by molar-refractivity contribution is 5.68. The molecule has 0 aliphatic rings. The van der Waals surface area contributed by atoms with E-state index >= 15 is 0 Å². The standard InChI is InChI=1S/C13H17N3O2/c1-17-10-3-4-11(13(7-10)18-2)12-8-15-9-16(12)6-5-14/h3-4,7-9H,5-6,14H2,1-2H3. The van der Waals surface area contributed by atoms with Crippen LogP contribution in [0.5, 0.6) is 11.5 Å². The van der Waals surface area contributed by atoms with Crippen LogP contribution in [0.4, 0.5) is 0 Å². The number of nitrogens with two attached hydrogens (primary N) is 1. The van der Waals surface area contributed by atoms with E-state index in [4.69, 9.17) is 15.2 Å². The molecule has 0 atom stereocenters. The summed E-state index contributed by atoms with van der Waals surface area (Å²) >= 11 is 0. The summed E-state index contributed by atoms with van der Waals surface area (Å²) in [6.07, 6.45) is 3.58. The van der Waals surface area contributed by atoms with Crippen molar-refractivity contribution in [3.8, 4) is 22.8 Å². The lowest BCUT2D eigenvalue weighted by Gasteiger charge is -2.12. The van der Waals surface area contributed by atoms with Crippen LogP contribution in [0.2, 0.25) is 0 Å². The predicted molar refractivity (Wildman–Crippen MR) is 69.8 cm³/mol. The van der Waals surface area contributed by atoms with Crippen molar-refractivity contribution in [1.29, 1.82) is 0 Å². The van der Waals surface area contributed by atoms with E-state index in [1.54, 1.807) is 26.7 Å². The van der Waals surface area contributed by atoms with Crippen LogP contribution in [0.25, 0.3) is 11.3 Å². The van der Waals surface area contributed by atoms with E-state index in [0.717, 1.165) is 29.3 Å². The van der Waals surface area contributed by atoms with E-state index in [-0.39, 0.29) is 0 Å². The van der Waals surface area contributed by atoms with Gasteiger partial charge in [-0.05, 0) is 12.1 Å². The van der Waals surface area contributed by atoms with Crippen LogP contribution in [0.1, 0.15) is 0 Å². The molecule has 0 radical (unpaired) electrons. The first-order valence-electron chi connectivity index (χ1n) is 5.72. The molecule has 0 aliphatic carbocycles. The summed E-state index contributed by atoms with van der Waals surface area (Å²) in [5.74, 6) is 1.52. The normalized spacial score (nSPS) is 10.4. The van der Waals surface area contributed by atoms with Crippen molar-refractivity contribution < 1.29 is 9.47 Å². The Morgan fingerprint density at radius 1 is 1.28 bits per heavy atom. The first-order chi connectivity index (χ1) is 8.80. The second kappa shape index (κ2) is 5.55. The van der Waals surface area contributed by atoms with Crippen LogP contribution >= 0.6 is 0 Å². The van der Waals surface area contributed by atoms with Crippen molar-refractivity contribution in [3.05, 3.63) is 30.7 Å². The highest BCUT2D eigenvalue weighted by Crippen LogP contribution is 2.32. The van der Waals surface area contributed by atoms with E-state index in [9.17, 15) is 0 Å². The van der Waals surface area contributed by atoms with Crippen LogP contribution in [-0.4, -0.2) is 30.3 Å². The van der Waals surface area contributed by atoms with Crippen molar-refractivity contribution in [2.24, 2.45) is 5.73 Å². The van der Waals surface area contributed by atoms with E-state index in [1.165, 1.54) is 0 Å². The van der Waals surface area contributed by atoms with Gasteiger partial charge < -0.3 is 19.8 Å². The lowest BCUT2D eigenvalue weighted by molar-refractivity contribution is 0.395. The summed E-state index contributed by atoms with van der Waals surface area (Å²) in [5.41, 5.74) is 7.55. The fraction of sp³-hybridized carbons (Fsp3) is 0.308. The van der Waals surface area contributed by atoms with Crippen LogP contribution in [-0.2, 0) is 6.54 Å². The van der Waals surface area contributed by atoms with Crippen molar-refractivity contribution in [2.75, 3.05) is 20.8 Å². The number of ether oxygens (including phenoxy) is 2. The molecule has 5 nitrogen and oxygen atoms in total. The van der Waals surface area contributed by atoms with Gasteiger partial charge in [-0.25, -0.2) is 4.98 Å². The van der Waals surface area contributed by atoms with Gasteiger partial charge in [-0.3, -0.25) is 0 Å². The first-order valence-corrected chi connectivity index (χ1v) is 5.72. The average molecular weight is 247 g/mol. The van der Waals surface area contributed by atoms with Gasteiger partial charge in [0.2, 0.25) is 0 Å². The third-order valence-corrected chi connectivity index (χ3v) is 2.77. The molecular formula is C13H17N3O2. The molecule has 5 heteroatoms. The minimum atomic E-state index is 0.571. The van der Waals surface area contributed by atoms with Crippen molar-refractivity contribution in [2.45, 2.75) is 6.54 Å². The van der Waals surface area contributed by atoms with E-state index in [2.05, 4.69) is 4.98 Å². The molecule has 1 aromatic heterocycles. The van der Waals surface area contributed by atoms with Gasteiger partial charge in [0.05, 0.1) is 32.4 Å². The lowest BCUT2D eigenvalue weighted by atomic mass is 10.1. The number of aromatic nitrogens is 2. The van der Waals surface area contributed by atoms with E-state index in [1.807, 2.05) is 22.8 Å². The zero-order valence-corrected chi connectivity index (χ0v) is 10.6. The molecule has 0 fully saturated rings. The van der Waals surface area contributed by atoms with Crippen LogP contribution < -0.4 is 15.2 Å². The fourth-order valence-electron chi connectivity index (χ4n) is 1.87. The Morgan fingerprint density at radius 2 is 2.11 bits per heavy atom. The van der Waals surface area contributed by atoms with Gasteiger partial charge in [0.25, 0.3) is 0 Å². The summed E-state index contributed by atoms with van der Waals surface area (Å²) in [6.45, 7) is 1.30. The van der Waals surface area contributed by atoms with Gasteiger partial charge in [0.1, 0.15) is 11.5 Å². The zero-order chi connectivity index (χ0) is 13.0. The smallest absolute Gasteiger partial charge is 0.131 e. The number of rotatable bonds is 5. The predicted octanol–water partition coefficient (Wildman–Crippen LogP) is 1.53. The van der Waals surface area contributed by atoms with Gasteiger partial charge >= 0.3 is 0 Å². The molecule has 18 heavy (non-hydrogen) atoms. The van der Waals surface area contributed by atoms with E-state index in [0.29, 0.717) is 6.54 Å². The number of imidazole rings is 1. The van der Waals surface area contributed by atoms with Crippen molar-refractivity contribution in [3.63, 3.8) is 0 Å². The Hall–Kier alpha value is -2.01. The fourth-order valence-corrected chi connectivity index (χ4v) is 1.87. The van der Waals surface area contributed by atoms with Gasteiger partial charge in [-0.1, -0.05) is 0 Å². The molecule has 2 aromatic rings. The zero-order valence-electron chi connectivity index (χ0n) is 10.6. The Morgan fingerprint density at radius 3 is 2.78 bits per heavy atom. The summed E-state index contributed by atoms with van der Waals surface area (Å²) in [4.78, 5) is 4.16. The van der Waals surface area contributed by atoms with Crippen LogP contribution in [0.15, 0.2) is 30.7 Å². The second-order valence-corrected chi connectivity index (χ2v) is 3.83. The summed E-state index contributed by atoms with van der Waals surface area (Å²) < 4.78 is 12.6. The Bertz CT molecular complexity index is 523. The second-order valence-electron chi connectivity index (χ2n) is 3.83. The van der Waals surface area contributed by atoms with Crippen molar-refractivity contribution in [1.82, 2.24) is 9.55 Å². The maximum atomic E-state index is 5.58. The molecule has 1 heterocycles. The molecule has 0 bridgehead atoms. The minimum Gasteiger partial charge on any atom is -0.497 e. The molecule has 2 N–H and O–H groups in total. The SMILES string of the molecule is COc1ccc(-c2cncn2CCN)c(OC)c1. The Labute approximate surface area is 106 Å². The third kappa shape index (κ3) is 2.31. The molecule has 0 saturated carbocycles. The first kappa shape index (κ1) is 12.4. The number of benzene rings is 1. The summed E-state index contributed by atoms with van der Waals surface area (Å²) in [5, 5.41) is 0. The number of nitrogens with zero attached hydrogens (tertiary/aromatic N) is 2. The molecule has 1 aromatic carbocycles. The van der Waals surface area contributed by atoms with Crippen molar-refractivity contribution >= 4 is 0 Å². The third-order valence-electron chi connectivity index (χ3n) is 2.77. The van der Waals surface area contributed by atoms with E-state index < -0.39 is 0 Å². The highest BCUT2D eigenvalue weighted by Gasteiger charge is 2.11. The largest absolute Gasteiger partial charge is 0.497 e. The molecule has 2 rings (SSSR count). The monoisotopic (exact) mass is 247 g/mol. The molecule has 0 spiro atoms. The summed E-state index contributed by atoms with van der Waals surface area (Å²) in [7, 11) is 3.27. The maximum absolute atomic E-state index is 5.58. The van der Waals surface area contributed by atoms with Gasteiger partial charge in [0, 0.05) is 24.7 Å².